The predicted molar refractivity (Wildman–Crippen MR) is 160 cm³/mol. The Kier molecular flexibility index (Phi) is 9.84. The van der Waals surface area contributed by atoms with Gasteiger partial charge in [-0.15, -0.1) is 0 Å². The summed E-state index contributed by atoms with van der Waals surface area (Å²) in [6.07, 6.45) is 1.11. The summed E-state index contributed by atoms with van der Waals surface area (Å²) in [5.41, 5.74) is 3.32. The normalized spacial score (nSPS) is 10.5. The number of hydrogen-bond acceptors (Lipinski definition) is 10. The van der Waals surface area contributed by atoms with Crippen molar-refractivity contribution in [3.63, 3.8) is 0 Å². The second-order valence-electron chi connectivity index (χ2n) is 8.88. The number of methoxy groups -OCH3 is 3. The molecule has 0 fully saturated rings. The van der Waals surface area contributed by atoms with Crippen LogP contribution >= 0.6 is 0 Å². The smallest absolute Gasteiger partial charge is 0.343 e. The second-order valence-corrected chi connectivity index (χ2v) is 8.88. The maximum absolute atomic E-state index is 13.0. The van der Waals surface area contributed by atoms with Crippen LogP contribution in [0.15, 0.2) is 90.0 Å². The highest BCUT2D eigenvalue weighted by molar-refractivity contribution is 6.04. The van der Waals surface area contributed by atoms with Gasteiger partial charge in [0, 0.05) is 34.5 Å². The van der Waals surface area contributed by atoms with Gasteiger partial charge in [-0.1, -0.05) is 18.2 Å². The maximum atomic E-state index is 13.0. The number of ether oxygens (including phenoxy) is 4. The van der Waals surface area contributed by atoms with E-state index in [1.807, 2.05) is 0 Å². The Hall–Kier alpha value is -6.24. The molecule has 0 aliphatic carbocycles. The van der Waals surface area contributed by atoms with Crippen LogP contribution in [0.1, 0.15) is 36.6 Å². The number of carbonyl (C=O) groups excluding carboxylic acids is 3. The minimum atomic E-state index is -0.823. The molecule has 4 aromatic rings. The van der Waals surface area contributed by atoms with Crippen molar-refractivity contribution in [2.75, 3.05) is 26.6 Å². The summed E-state index contributed by atoms with van der Waals surface area (Å²) in [6.45, 7) is 0. The van der Waals surface area contributed by atoms with Crippen LogP contribution < -0.4 is 29.7 Å². The molecule has 0 heterocycles. The van der Waals surface area contributed by atoms with Gasteiger partial charge in [0.15, 0.2) is 11.5 Å². The van der Waals surface area contributed by atoms with E-state index in [1.165, 1.54) is 51.7 Å². The fourth-order valence-corrected chi connectivity index (χ4v) is 3.92. The van der Waals surface area contributed by atoms with Crippen molar-refractivity contribution in [3.8, 4) is 23.0 Å². The van der Waals surface area contributed by atoms with Gasteiger partial charge in [-0.3, -0.25) is 19.7 Å². The zero-order chi connectivity index (χ0) is 31.6. The first kappa shape index (κ1) is 30.7. The average molecular weight is 599 g/mol. The van der Waals surface area contributed by atoms with Gasteiger partial charge in [0.2, 0.25) is 5.75 Å². The largest absolute Gasteiger partial charge is 0.493 e. The first-order valence-electron chi connectivity index (χ1n) is 12.8. The van der Waals surface area contributed by atoms with E-state index in [-0.39, 0.29) is 51.3 Å². The number of nitro benzene ring substituents is 1. The summed E-state index contributed by atoms with van der Waals surface area (Å²) in [5, 5.41) is 18.0. The summed E-state index contributed by atoms with van der Waals surface area (Å²) < 4.78 is 21.3. The van der Waals surface area contributed by atoms with Gasteiger partial charge >= 0.3 is 5.97 Å². The predicted octanol–water partition coefficient (Wildman–Crippen LogP) is 4.86. The molecule has 0 unspecified atom stereocenters. The van der Waals surface area contributed by atoms with Crippen molar-refractivity contribution in [2.24, 2.45) is 5.10 Å². The van der Waals surface area contributed by atoms with E-state index in [9.17, 15) is 24.5 Å². The molecule has 4 rings (SSSR count). The molecule has 0 radical (unpaired) electrons. The Morgan fingerprint density at radius 2 is 1.39 bits per heavy atom. The molecule has 2 amide bonds. The standard InChI is InChI=1S/C31H26N4O9/c1-41-26-16-21(17-27(42-2)28(26)43-3)31(38)44-25-14-13-24(35(39)40)15-22(25)18-32-34-30(37)20-9-11-23(12-10-20)33-29(36)19-7-5-4-6-8-19/h4-18H,1-3H3,(H,33,36)(H,34,37)/b32-18+. The highest BCUT2D eigenvalue weighted by Crippen LogP contribution is 2.38. The van der Waals surface area contributed by atoms with Crippen LogP contribution in [-0.2, 0) is 0 Å². The van der Waals surface area contributed by atoms with Gasteiger partial charge in [0.05, 0.1) is 38.0 Å². The molecule has 0 bridgehead atoms. The van der Waals surface area contributed by atoms with Crippen molar-refractivity contribution in [2.45, 2.75) is 0 Å². The van der Waals surface area contributed by atoms with E-state index >= 15 is 0 Å². The van der Waals surface area contributed by atoms with E-state index in [4.69, 9.17) is 18.9 Å². The van der Waals surface area contributed by atoms with Crippen LogP contribution in [0.3, 0.4) is 0 Å². The third kappa shape index (κ3) is 7.33. The Balaban J connectivity index is 1.48. The van der Waals surface area contributed by atoms with E-state index in [0.29, 0.717) is 11.3 Å². The van der Waals surface area contributed by atoms with Crippen LogP contribution in [0.5, 0.6) is 23.0 Å². The topological polar surface area (TPSA) is 168 Å². The van der Waals surface area contributed by atoms with Crippen LogP contribution in [0, 0.1) is 10.1 Å². The number of nitro groups is 1. The van der Waals surface area contributed by atoms with Gasteiger partial charge in [-0.05, 0) is 54.6 Å². The van der Waals surface area contributed by atoms with Crippen LogP contribution in [0.4, 0.5) is 11.4 Å². The minimum absolute atomic E-state index is 0.0410. The van der Waals surface area contributed by atoms with E-state index < -0.39 is 16.8 Å². The molecule has 0 aromatic heterocycles. The molecule has 0 aliphatic heterocycles. The first-order chi connectivity index (χ1) is 21.2. The quantitative estimate of drug-likeness (QED) is 0.0806. The van der Waals surface area contributed by atoms with E-state index in [2.05, 4.69) is 15.8 Å². The second kappa shape index (κ2) is 14.1. The number of nitrogens with one attached hydrogen (secondary N) is 2. The van der Waals surface area contributed by atoms with E-state index in [1.54, 1.807) is 42.5 Å². The molecule has 2 N–H and O–H groups in total. The highest BCUT2D eigenvalue weighted by atomic mass is 16.6. The number of non-ortho nitro benzene ring substituents is 1. The summed E-state index contributed by atoms with van der Waals surface area (Å²) in [4.78, 5) is 48.7. The number of anilines is 1. The molecule has 0 saturated carbocycles. The van der Waals surface area contributed by atoms with Gasteiger partial charge in [0.25, 0.3) is 17.5 Å². The summed E-state index contributed by atoms with van der Waals surface area (Å²) in [7, 11) is 4.20. The summed E-state index contributed by atoms with van der Waals surface area (Å²) in [5.74, 6) is -1.06. The number of nitrogens with zero attached hydrogens (tertiary/aromatic N) is 2. The van der Waals surface area contributed by atoms with Crippen LogP contribution in [-0.4, -0.2) is 50.3 Å². The molecule has 0 saturated heterocycles. The molecular weight excluding hydrogens is 572 g/mol. The third-order valence-corrected chi connectivity index (χ3v) is 6.12. The van der Waals surface area contributed by atoms with E-state index in [0.717, 1.165) is 18.3 Å². The number of benzene rings is 4. The summed E-state index contributed by atoms with van der Waals surface area (Å²) in [6, 6.07) is 21.1. The SMILES string of the molecule is COc1cc(C(=O)Oc2ccc([N+](=O)[O-])cc2/C=N/NC(=O)c2ccc(NC(=O)c3ccccc3)cc2)cc(OC)c1OC. The zero-order valence-corrected chi connectivity index (χ0v) is 23.7. The Morgan fingerprint density at radius 3 is 1.98 bits per heavy atom. The van der Waals surface area contributed by atoms with Crippen LogP contribution in [0.2, 0.25) is 0 Å². The number of hydrogen-bond donors (Lipinski definition) is 2. The molecular formula is C31H26N4O9. The van der Waals surface area contributed by atoms with Crippen molar-refractivity contribution in [1.29, 1.82) is 0 Å². The molecule has 44 heavy (non-hydrogen) atoms. The average Bonchev–Trinajstić information content (AvgIpc) is 3.05. The first-order valence-corrected chi connectivity index (χ1v) is 12.8. The van der Waals surface area contributed by atoms with Crippen molar-refractivity contribution in [3.05, 3.63) is 117 Å². The zero-order valence-electron chi connectivity index (χ0n) is 23.7. The minimum Gasteiger partial charge on any atom is -0.493 e. The Morgan fingerprint density at radius 1 is 0.750 bits per heavy atom. The monoisotopic (exact) mass is 598 g/mol. The third-order valence-electron chi connectivity index (χ3n) is 6.12. The number of rotatable bonds is 11. The fraction of sp³-hybridized carbons (Fsp3) is 0.0968. The lowest BCUT2D eigenvalue weighted by molar-refractivity contribution is -0.384. The molecule has 224 valence electrons. The number of carbonyl (C=O) groups is 3. The molecule has 4 aromatic carbocycles. The van der Waals surface area contributed by atoms with Crippen LogP contribution in [0.25, 0.3) is 0 Å². The highest BCUT2D eigenvalue weighted by Gasteiger charge is 2.20. The van der Waals surface area contributed by atoms with Gasteiger partial charge < -0.3 is 24.3 Å². The summed E-state index contributed by atoms with van der Waals surface area (Å²) >= 11 is 0. The molecule has 13 nitrogen and oxygen atoms in total. The van der Waals surface area contributed by atoms with Crippen molar-refractivity contribution in [1.82, 2.24) is 5.43 Å². The lowest BCUT2D eigenvalue weighted by Crippen LogP contribution is -2.18. The molecule has 13 heteroatoms. The lowest BCUT2D eigenvalue weighted by atomic mass is 10.1. The number of amides is 2. The van der Waals surface area contributed by atoms with Gasteiger partial charge in [0.1, 0.15) is 5.75 Å². The number of hydrazone groups is 1. The van der Waals surface area contributed by atoms with Crippen molar-refractivity contribution >= 4 is 35.4 Å². The maximum Gasteiger partial charge on any atom is 0.343 e. The lowest BCUT2D eigenvalue weighted by Gasteiger charge is -2.14. The Labute approximate surface area is 251 Å². The molecule has 0 aliphatic rings. The number of esters is 1. The fourth-order valence-electron chi connectivity index (χ4n) is 3.92. The molecule has 0 atom stereocenters. The Bertz CT molecular complexity index is 1700. The van der Waals surface area contributed by atoms with Gasteiger partial charge in [-0.25, -0.2) is 10.2 Å². The molecule has 0 spiro atoms. The van der Waals surface area contributed by atoms with Gasteiger partial charge in [-0.2, -0.15) is 5.10 Å². The van der Waals surface area contributed by atoms with Crippen molar-refractivity contribution < 1.29 is 38.3 Å².